The minimum absolute atomic E-state index is 0.186. The van der Waals surface area contributed by atoms with Gasteiger partial charge in [-0.05, 0) is 55.2 Å². The molecule has 6 heteroatoms. The van der Waals surface area contributed by atoms with Gasteiger partial charge < -0.3 is 4.74 Å². The summed E-state index contributed by atoms with van der Waals surface area (Å²) in [4.78, 5) is 12.3. The molecule has 1 atom stereocenters. The Morgan fingerprint density at radius 3 is 2.79 bits per heavy atom. The molecule has 1 aromatic rings. The van der Waals surface area contributed by atoms with Gasteiger partial charge in [0.1, 0.15) is 5.54 Å². The van der Waals surface area contributed by atoms with Crippen molar-refractivity contribution in [1.29, 1.82) is 0 Å². The summed E-state index contributed by atoms with van der Waals surface area (Å²) >= 11 is 2.22. The third-order valence-electron chi connectivity index (χ3n) is 3.38. The first kappa shape index (κ1) is 14.8. The van der Waals surface area contributed by atoms with Gasteiger partial charge in [-0.3, -0.25) is 10.00 Å². The zero-order valence-electron chi connectivity index (χ0n) is 11.5. The van der Waals surface area contributed by atoms with E-state index in [1.807, 2.05) is 24.7 Å². The summed E-state index contributed by atoms with van der Waals surface area (Å²) in [6.07, 6.45) is 5.87. The highest BCUT2D eigenvalue weighted by Gasteiger charge is 2.52. The normalized spacial score (nSPS) is 18.4. The van der Waals surface area contributed by atoms with Gasteiger partial charge in [-0.25, -0.2) is 4.79 Å². The second kappa shape index (κ2) is 5.78. The van der Waals surface area contributed by atoms with Crippen LogP contribution in [-0.4, -0.2) is 34.4 Å². The van der Waals surface area contributed by atoms with E-state index in [0.29, 0.717) is 12.5 Å². The molecule has 0 aliphatic heterocycles. The first-order valence-corrected chi connectivity index (χ1v) is 7.60. The molecule has 1 N–H and O–H groups in total. The highest BCUT2D eigenvalue weighted by atomic mass is 127. The number of rotatable bonds is 6. The molecule has 1 heterocycles. The summed E-state index contributed by atoms with van der Waals surface area (Å²) in [7, 11) is 1.45. The standard InChI is InChI=1S/C13H20IN3O2/c1-9(2)16-13(10-4-5-10,12(18)19-3)8-17-7-11(14)6-15-17/h6-7,9-10,16H,4-5,8H2,1-3H3. The predicted molar refractivity (Wildman–Crippen MR) is 80.7 cm³/mol. The monoisotopic (exact) mass is 377 g/mol. The van der Waals surface area contributed by atoms with E-state index in [1.54, 1.807) is 6.20 Å². The topological polar surface area (TPSA) is 56.2 Å². The van der Waals surface area contributed by atoms with Gasteiger partial charge in [-0.1, -0.05) is 0 Å². The van der Waals surface area contributed by atoms with Crippen LogP contribution in [0, 0.1) is 9.49 Å². The number of hydrogen-bond acceptors (Lipinski definition) is 4. The third kappa shape index (κ3) is 3.28. The molecule has 0 radical (unpaired) electrons. The number of ether oxygens (including phenoxy) is 1. The fourth-order valence-electron chi connectivity index (χ4n) is 2.54. The van der Waals surface area contributed by atoms with Crippen LogP contribution in [0.4, 0.5) is 0 Å². The van der Waals surface area contributed by atoms with Gasteiger partial charge in [0.2, 0.25) is 0 Å². The van der Waals surface area contributed by atoms with Crippen molar-refractivity contribution in [1.82, 2.24) is 15.1 Å². The van der Waals surface area contributed by atoms with Crippen molar-refractivity contribution in [3.63, 3.8) is 0 Å². The number of carbonyl (C=O) groups excluding carboxylic acids is 1. The summed E-state index contributed by atoms with van der Waals surface area (Å²) in [5.41, 5.74) is -0.655. The molecule has 106 valence electrons. The molecule has 0 bridgehead atoms. The smallest absolute Gasteiger partial charge is 0.328 e. The molecule has 1 aliphatic carbocycles. The molecule has 1 aromatic heterocycles. The van der Waals surface area contributed by atoms with Gasteiger partial charge in [-0.15, -0.1) is 0 Å². The molecular weight excluding hydrogens is 357 g/mol. The van der Waals surface area contributed by atoms with Crippen molar-refractivity contribution in [2.75, 3.05) is 7.11 Å². The maximum atomic E-state index is 12.3. The molecule has 0 spiro atoms. The summed E-state index contributed by atoms with van der Waals surface area (Å²) in [5, 5.41) is 7.72. The molecule has 1 saturated carbocycles. The second-order valence-electron chi connectivity index (χ2n) is 5.39. The van der Waals surface area contributed by atoms with E-state index in [9.17, 15) is 4.79 Å². The first-order valence-electron chi connectivity index (χ1n) is 6.52. The van der Waals surface area contributed by atoms with Gasteiger partial charge in [0.25, 0.3) is 0 Å². The fourth-order valence-corrected chi connectivity index (χ4v) is 2.98. The Labute approximate surface area is 127 Å². The predicted octanol–water partition coefficient (Wildman–Crippen LogP) is 1.81. The minimum Gasteiger partial charge on any atom is -0.468 e. The Morgan fingerprint density at radius 1 is 1.68 bits per heavy atom. The largest absolute Gasteiger partial charge is 0.468 e. The molecule has 5 nitrogen and oxygen atoms in total. The maximum Gasteiger partial charge on any atom is 0.328 e. The second-order valence-corrected chi connectivity index (χ2v) is 6.64. The van der Waals surface area contributed by atoms with Crippen molar-refractivity contribution in [2.45, 2.75) is 44.8 Å². The van der Waals surface area contributed by atoms with Gasteiger partial charge in [-0.2, -0.15) is 5.10 Å². The SMILES string of the molecule is COC(=O)C(Cn1cc(I)cn1)(NC(C)C)C1CC1. The molecule has 0 saturated heterocycles. The zero-order valence-corrected chi connectivity index (χ0v) is 13.7. The molecule has 1 aliphatic rings. The number of methoxy groups -OCH3 is 1. The van der Waals surface area contributed by atoms with Gasteiger partial charge in [0.05, 0.1) is 23.4 Å². The molecule has 2 rings (SSSR count). The number of hydrogen-bond donors (Lipinski definition) is 1. The average Bonchev–Trinajstić information content (AvgIpc) is 3.12. The summed E-state index contributed by atoms with van der Waals surface area (Å²) in [5.74, 6) is 0.151. The van der Waals surface area contributed by atoms with Crippen molar-refractivity contribution in [2.24, 2.45) is 5.92 Å². The summed E-state index contributed by atoms with van der Waals surface area (Å²) in [6.45, 7) is 4.62. The van der Waals surface area contributed by atoms with Gasteiger partial charge in [0.15, 0.2) is 0 Å². The Kier molecular flexibility index (Phi) is 4.50. The number of nitrogens with one attached hydrogen (secondary N) is 1. The van der Waals surface area contributed by atoms with E-state index in [-0.39, 0.29) is 12.0 Å². The van der Waals surface area contributed by atoms with E-state index in [0.717, 1.165) is 16.4 Å². The lowest BCUT2D eigenvalue weighted by Gasteiger charge is -2.34. The number of nitrogens with zero attached hydrogens (tertiary/aromatic N) is 2. The Balaban J connectivity index is 2.28. The van der Waals surface area contributed by atoms with Crippen LogP contribution >= 0.6 is 22.6 Å². The van der Waals surface area contributed by atoms with Crippen LogP contribution in [0.2, 0.25) is 0 Å². The van der Waals surface area contributed by atoms with Crippen LogP contribution in [0.3, 0.4) is 0 Å². The van der Waals surface area contributed by atoms with Crippen molar-refractivity contribution >= 4 is 28.6 Å². The van der Waals surface area contributed by atoms with Crippen LogP contribution in [-0.2, 0) is 16.1 Å². The van der Waals surface area contributed by atoms with Crippen molar-refractivity contribution < 1.29 is 9.53 Å². The third-order valence-corrected chi connectivity index (χ3v) is 3.94. The highest BCUT2D eigenvalue weighted by Crippen LogP contribution is 2.41. The van der Waals surface area contributed by atoms with E-state index >= 15 is 0 Å². The summed E-state index contributed by atoms with van der Waals surface area (Å²) in [6, 6.07) is 0.217. The van der Waals surface area contributed by atoms with Crippen LogP contribution in [0.15, 0.2) is 12.4 Å². The molecule has 1 unspecified atom stereocenters. The Bertz CT molecular complexity index is 456. The van der Waals surface area contributed by atoms with Gasteiger partial charge in [0, 0.05) is 12.2 Å². The van der Waals surface area contributed by atoms with Crippen molar-refractivity contribution in [3.8, 4) is 0 Å². The molecule has 19 heavy (non-hydrogen) atoms. The number of carbonyl (C=O) groups is 1. The van der Waals surface area contributed by atoms with Crippen LogP contribution in [0.5, 0.6) is 0 Å². The number of aromatic nitrogens is 2. The molecule has 0 amide bonds. The average molecular weight is 377 g/mol. The molecular formula is C13H20IN3O2. The fraction of sp³-hybridized carbons (Fsp3) is 0.692. The summed E-state index contributed by atoms with van der Waals surface area (Å²) < 4.78 is 7.94. The zero-order chi connectivity index (χ0) is 14.0. The first-order chi connectivity index (χ1) is 8.98. The van der Waals surface area contributed by atoms with E-state index in [4.69, 9.17) is 4.74 Å². The lowest BCUT2D eigenvalue weighted by atomic mass is 9.92. The number of esters is 1. The van der Waals surface area contributed by atoms with Crippen molar-refractivity contribution in [3.05, 3.63) is 16.0 Å². The molecule has 1 fully saturated rings. The Morgan fingerprint density at radius 2 is 2.37 bits per heavy atom. The lowest BCUT2D eigenvalue weighted by molar-refractivity contribution is -0.151. The quantitative estimate of drug-likeness (QED) is 0.607. The number of halogens is 1. The molecule has 0 aromatic carbocycles. The van der Waals surface area contributed by atoms with Crippen LogP contribution in [0.25, 0.3) is 0 Å². The van der Waals surface area contributed by atoms with Crippen LogP contribution in [0.1, 0.15) is 26.7 Å². The lowest BCUT2D eigenvalue weighted by Crippen LogP contribution is -2.59. The highest BCUT2D eigenvalue weighted by molar-refractivity contribution is 14.1. The van der Waals surface area contributed by atoms with E-state index in [2.05, 4.69) is 33.0 Å². The Hall–Kier alpha value is -0.630. The maximum absolute atomic E-state index is 12.3. The van der Waals surface area contributed by atoms with E-state index in [1.165, 1.54) is 7.11 Å². The van der Waals surface area contributed by atoms with Crippen LogP contribution < -0.4 is 5.32 Å². The van der Waals surface area contributed by atoms with E-state index < -0.39 is 5.54 Å². The van der Waals surface area contributed by atoms with Gasteiger partial charge >= 0.3 is 5.97 Å². The minimum atomic E-state index is -0.655.